The number of rotatable bonds is 4. The molecule has 4 nitrogen and oxygen atoms in total. The molecular weight excluding hydrogens is 324 g/mol. The maximum absolute atomic E-state index is 13.0. The molecule has 1 atom stereocenters. The van der Waals surface area contributed by atoms with Gasteiger partial charge >= 0.3 is 0 Å². The summed E-state index contributed by atoms with van der Waals surface area (Å²) in [6, 6.07) is 7.48. The van der Waals surface area contributed by atoms with Gasteiger partial charge in [0.2, 0.25) is 11.8 Å². The topological polar surface area (TPSA) is 49.4 Å². The van der Waals surface area contributed by atoms with Crippen molar-refractivity contribution in [1.29, 1.82) is 0 Å². The molecule has 1 fully saturated rings. The van der Waals surface area contributed by atoms with Gasteiger partial charge in [-0.15, -0.1) is 0 Å². The van der Waals surface area contributed by atoms with Crippen LogP contribution in [-0.4, -0.2) is 23.3 Å². The van der Waals surface area contributed by atoms with Crippen LogP contribution >= 0.6 is 11.6 Å². The lowest BCUT2D eigenvalue weighted by Crippen LogP contribution is -2.52. The van der Waals surface area contributed by atoms with E-state index in [1.165, 1.54) is 0 Å². The SMILES string of the molecule is CCN1C(=O)CCC2(C(=O)NCc3ccc(Cl)cc3)CCCC=C12. The van der Waals surface area contributed by atoms with Crippen LogP contribution in [0.2, 0.25) is 5.02 Å². The Morgan fingerprint density at radius 2 is 2.04 bits per heavy atom. The van der Waals surface area contributed by atoms with E-state index in [0.29, 0.717) is 31.0 Å². The fourth-order valence-corrected chi connectivity index (χ4v) is 3.95. The highest BCUT2D eigenvalue weighted by Crippen LogP contribution is 2.46. The third-order valence-corrected chi connectivity index (χ3v) is 5.36. The van der Waals surface area contributed by atoms with Crippen LogP contribution in [0.15, 0.2) is 36.0 Å². The van der Waals surface area contributed by atoms with Crippen LogP contribution in [0.3, 0.4) is 0 Å². The average molecular weight is 347 g/mol. The number of hydrogen-bond donors (Lipinski definition) is 1. The zero-order valence-electron chi connectivity index (χ0n) is 14.0. The van der Waals surface area contributed by atoms with Crippen molar-refractivity contribution in [3.8, 4) is 0 Å². The molecule has 24 heavy (non-hydrogen) atoms. The van der Waals surface area contributed by atoms with E-state index in [2.05, 4.69) is 11.4 Å². The maximum atomic E-state index is 13.0. The molecular formula is C19H23ClN2O2. The molecule has 1 unspecified atom stereocenters. The molecule has 0 spiro atoms. The van der Waals surface area contributed by atoms with Gasteiger partial charge in [0.25, 0.3) is 0 Å². The predicted molar refractivity (Wildman–Crippen MR) is 94.3 cm³/mol. The highest BCUT2D eigenvalue weighted by atomic mass is 35.5. The first kappa shape index (κ1) is 17.0. The lowest BCUT2D eigenvalue weighted by Gasteiger charge is -2.45. The molecule has 1 N–H and O–H groups in total. The Labute approximate surface area is 147 Å². The number of nitrogens with one attached hydrogen (secondary N) is 1. The second-order valence-electron chi connectivity index (χ2n) is 6.51. The Morgan fingerprint density at radius 3 is 2.75 bits per heavy atom. The fourth-order valence-electron chi connectivity index (χ4n) is 3.82. The lowest BCUT2D eigenvalue weighted by atomic mass is 9.69. The van der Waals surface area contributed by atoms with Crippen LogP contribution < -0.4 is 5.32 Å². The number of piperidine rings is 1. The predicted octanol–water partition coefficient (Wildman–Crippen LogP) is 3.65. The van der Waals surface area contributed by atoms with Crippen molar-refractivity contribution < 1.29 is 9.59 Å². The van der Waals surface area contributed by atoms with Crippen molar-refractivity contribution in [3.63, 3.8) is 0 Å². The van der Waals surface area contributed by atoms with Crippen LogP contribution in [0.5, 0.6) is 0 Å². The van der Waals surface area contributed by atoms with Gasteiger partial charge in [0.05, 0.1) is 5.41 Å². The Hall–Kier alpha value is -1.81. The summed E-state index contributed by atoms with van der Waals surface area (Å²) in [7, 11) is 0. The minimum Gasteiger partial charge on any atom is -0.351 e. The first-order valence-corrected chi connectivity index (χ1v) is 8.98. The largest absolute Gasteiger partial charge is 0.351 e. The van der Waals surface area contributed by atoms with Crippen molar-refractivity contribution in [1.82, 2.24) is 10.2 Å². The summed E-state index contributed by atoms with van der Waals surface area (Å²) in [4.78, 5) is 27.0. The smallest absolute Gasteiger partial charge is 0.232 e. The summed E-state index contributed by atoms with van der Waals surface area (Å²) < 4.78 is 0. The lowest BCUT2D eigenvalue weighted by molar-refractivity contribution is -0.140. The summed E-state index contributed by atoms with van der Waals surface area (Å²) >= 11 is 5.90. The van der Waals surface area contributed by atoms with E-state index >= 15 is 0 Å². The Bertz CT molecular complexity index is 668. The first-order valence-electron chi connectivity index (χ1n) is 8.60. The second kappa shape index (κ2) is 6.98. The molecule has 5 heteroatoms. The van der Waals surface area contributed by atoms with Crippen LogP contribution in [0.4, 0.5) is 0 Å². The molecule has 128 valence electrons. The highest BCUT2D eigenvalue weighted by molar-refractivity contribution is 6.30. The molecule has 1 aromatic carbocycles. The summed E-state index contributed by atoms with van der Waals surface area (Å²) in [6.07, 6.45) is 5.89. The van der Waals surface area contributed by atoms with E-state index in [1.807, 2.05) is 31.2 Å². The molecule has 1 aromatic rings. The quantitative estimate of drug-likeness (QED) is 0.904. The van der Waals surface area contributed by atoms with Gasteiger partial charge < -0.3 is 10.2 Å². The number of likely N-dealkylation sites (tertiary alicyclic amines) is 1. The van der Waals surface area contributed by atoms with Crippen molar-refractivity contribution in [3.05, 3.63) is 46.6 Å². The molecule has 1 aliphatic carbocycles. The molecule has 0 radical (unpaired) electrons. The first-order chi connectivity index (χ1) is 11.6. The zero-order valence-corrected chi connectivity index (χ0v) is 14.7. The number of hydrogen-bond acceptors (Lipinski definition) is 2. The molecule has 0 bridgehead atoms. The Kier molecular flexibility index (Phi) is 4.95. The van der Waals surface area contributed by atoms with Crippen LogP contribution in [0.1, 0.15) is 44.6 Å². The Morgan fingerprint density at radius 1 is 1.29 bits per heavy atom. The standard InChI is InChI=1S/C19H23ClN2O2/c1-2-22-16-5-3-4-11-19(16,12-10-17(22)23)18(24)21-13-14-6-8-15(20)9-7-14/h5-9H,2-4,10-13H2,1H3,(H,21,24). The number of amides is 2. The monoisotopic (exact) mass is 346 g/mol. The van der Waals surface area contributed by atoms with E-state index in [9.17, 15) is 9.59 Å². The molecule has 1 heterocycles. The maximum Gasteiger partial charge on any atom is 0.232 e. The number of fused-ring (bicyclic) bond motifs is 1. The van der Waals surface area contributed by atoms with Gasteiger partial charge in [-0.1, -0.05) is 29.8 Å². The van der Waals surface area contributed by atoms with Crippen molar-refractivity contribution in [2.24, 2.45) is 5.41 Å². The number of benzene rings is 1. The average Bonchev–Trinajstić information content (AvgIpc) is 2.61. The summed E-state index contributed by atoms with van der Waals surface area (Å²) in [6.45, 7) is 3.07. The third-order valence-electron chi connectivity index (χ3n) is 5.11. The van der Waals surface area contributed by atoms with Gasteiger partial charge in [-0.25, -0.2) is 0 Å². The van der Waals surface area contributed by atoms with E-state index in [4.69, 9.17) is 11.6 Å². The van der Waals surface area contributed by atoms with Crippen molar-refractivity contribution >= 4 is 23.4 Å². The summed E-state index contributed by atoms with van der Waals surface area (Å²) in [5, 5.41) is 3.76. The van der Waals surface area contributed by atoms with Gasteiger partial charge in [-0.3, -0.25) is 9.59 Å². The van der Waals surface area contributed by atoms with E-state index < -0.39 is 5.41 Å². The van der Waals surface area contributed by atoms with E-state index in [-0.39, 0.29) is 11.8 Å². The molecule has 0 saturated carbocycles. The normalized spacial score (nSPS) is 23.5. The minimum atomic E-state index is -0.547. The number of nitrogens with zero attached hydrogens (tertiary/aromatic N) is 1. The van der Waals surface area contributed by atoms with E-state index in [0.717, 1.165) is 30.5 Å². The van der Waals surface area contributed by atoms with Gasteiger partial charge in [-0.05, 0) is 50.3 Å². The second-order valence-corrected chi connectivity index (χ2v) is 6.95. The molecule has 2 aliphatic rings. The Balaban J connectivity index is 1.78. The third kappa shape index (κ3) is 3.07. The van der Waals surface area contributed by atoms with Crippen LogP contribution in [0.25, 0.3) is 0 Å². The van der Waals surface area contributed by atoms with Gasteiger partial charge in [-0.2, -0.15) is 0 Å². The fraction of sp³-hybridized carbons (Fsp3) is 0.474. The zero-order chi connectivity index (χ0) is 17.2. The molecule has 3 rings (SSSR count). The van der Waals surface area contributed by atoms with Crippen LogP contribution in [0, 0.1) is 5.41 Å². The number of carbonyl (C=O) groups excluding carboxylic acids is 2. The summed E-state index contributed by atoms with van der Waals surface area (Å²) in [5.74, 6) is 0.168. The van der Waals surface area contributed by atoms with Gasteiger partial charge in [0.15, 0.2) is 0 Å². The highest BCUT2D eigenvalue weighted by Gasteiger charge is 2.48. The van der Waals surface area contributed by atoms with Gasteiger partial charge in [0.1, 0.15) is 0 Å². The molecule has 1 saturated heterocycles. The minimum absolute atomic E-state index is 0.0364. The number of allylic oxidation sites excluding steroid dienone is 1. The van der Waals surface area contributed by atoms with Crippen LogP contribution in [-0.2, 0) is 16.1 Å². The summed E-state index contributed by atoms with van der Waals surface area (Å²) in [5.41, 5.74) is 1.39. The van der Waals surface area contributed by atoms with Gasteiger partial charge in [0, 0.05) is 30.2 Å². The van der Waals surface area contributed by atoms with Crippen molar-refractivity contribution in [2.75, 3.05) is 6.54 Å². The molecule has 0 aromatic heterocycles. The van der Waals surface area contributed by atoms with E-state index in [1.54, 1.807) is 4.90 Å². The molecule has 1 aliphatic heterocycles. The molecule has 2 amide bonds. The number of halogens is 1. The number of carbonyl (C=O) groups is 2. The van der Waals surface area contributed by atoms with Crippen molar-refractivity contribution in [2.45, 2.75) is 45.6 Å².